The topological polar surface area (TPSA) is 64.1 Å². The number of amides is 1. The van der Waals surface area contributed by atoms with Gasteiger partial charge in [-0.1, -0.05) is 29.5 Å². The number of aromatic nitrogens is 1. The molecule has 0 aliphatic carbocycles. The van der Waals surface area contributed by atoms with Gasteiger partial charge in [0.25, 0.3) is 5.91 Å². The van der Waals surface area contributed by atoms with Crippen molar-refractivity contribution in [1.29, 1.82) is 0 Å². The molecule has 1 atom stereocenters. The lowest BCUT2D eigenvalue weighted by Gasteiger charge is -2.29. The first-order chi connectivity index (χ1) is 15.0. The van der Waals surface area contributed by atoms with Gasteiger partial charge in [0.1, 0.15) is 17.9 Å². The Kier molecular flexibility index (Phi) is 7.82. The molecule has 0 saturated carbocycles. The highest BCUT2D eigenvalue weighted by Gasteiger charge is 2.33. The van der Waals surface area contributed by atoms with Gasteiger partial charge in [-0.2, -0.15) is 0 Å². The smallest absolute Gasteiger partial charge is 0.273 e. The molecule has 4 rings (SSSR count). The van der Waals surface area contributed by atoms with E-state index in [0.717, 1.165) is 28.7 Å². The van der Waals surface area contributed by atoms with Gasteiger partial charge in [0.15, 0.2) is 16.6 Å². The van der Waals surface area contributed by atoms with Crippen molar-refractivity contribution in [2.75, 3.05) is 45.8 Å². The first-order valence-corrected chi connectivity index (χ1v) is 11.1. The second-order valence-corrected chi connectivity index (χ2v) is 8.75. The number of nitrogens with zero attached hydrogens (tertiary/aromatic N) is 3. The Morgan fingerprint density at radius 1 is 1.19 bits per heavy atom. The summed E-state index contributed by atoms with van der Waals surface area (Å²) in [6, 6.07) is 11.3. The average Bonchev–Trinajstić information content (AvgIpc) is 3.22. The van der Waals surface area contributed by atoms with Crippen molar-refractivity contribution in [3.05, 3.63) is 42.0 Å². The van der Waals surface area contributed by atoms with Crippen molar-refractivity contribution in [3.63, 3.8) is 0 Å². The van der Waals surface area contributed by atoms with E-state index in [1.54, 1.807) is 12.0 Å². The van der Waals surface area contributed by atoms with Crippen LogP contribution in [0.25, 0.3) is 10.2 Å². The van der Waals surface area contributed by atoms with Crippen LogP contribution in [-0.4, -0.2) is 62.8 Å². The fraction of sp³-hybridized carbons (Fsp3) is 0.391. The van der Waals surface area contributed by atoms with Crippen molar-refractivity contribution < 1.29 is 19.0 Å². The zero-order valence-electron chi connectivity index (χ0n) is 18.7. The van der Waals surface area contributed by atoms with Crippen LogP contribution in [-0.2, 0) is 4.79 Å². The molecule has 0 bridgehead atoms. The van der Waals surface area contributed by atoms with Gasteiger partial charge < -0.3 is 19.1 Å². The van der Waals surface area contributed by atoms with Crippen LogP contribution in [0.5, 0.6) is 17.2 Å². The average molecular weight is 478 g/mol. The summed E-state index contributed by atoms with van der Waals surface area (Å²) in [7, 11) is 5.67. The maximum atomic E-state index is 13.5. The van der Waals surface area contributed by atoms with E-state index in [9.17, 15) is 4.79 Å². The van der Waals surface area contributed by atoms with Crippen molar-refractivity contribution in [2.45, 2.75) is 19.4 Å². The number of methoxy groups -OCH3 is 1. The van der Waals surface area contributed by atoms with E-state index in [-0.39, 0.29) is 24.9 Å². The minimum atomic E-state index is -0.718. The SMILES string of the molecule is COc1ccc(C)c2sc(N(CCCN(C)C)C(=O)C3COc4ccccc4O3)nc12.Cl. The van der Waals surface area contributed by atoms with Crippen LogP contribution in [0.4, 0.5) is 5.13 Å². The van der Waals surface area contributed by atoms with E-state index in [1.807, 2.05) is 57.4 Å². The van der Waals surface area contributed by atoms with E-state index in [4.69, 9.17) is 19.2 Å². The van der Waals surface area contributed by atoms with Crippen LogP contribution in [0.1, 0.15) is 12.0 Å². The Labute approximate surface area is 198 Å². The standard InChI is InChI=1S/C23H27N3O4S.ClH/c1-15-10-11-18(28-4)20-21(15)31-23(24-20)26(13-7-12-25(2)3)22(27)19-14-29-16-8-5-6-9-17(16)30-19;/h5-6,8-11,19H,7,12-14H2,1-4H3;1H. The number of thiazole rings is 1. The molecule has 2 aromatic carbocycles. The summed E-state index contributed by atoms with van der Waals surface area (Å²) in [4.78, 5) is 22.2. The maximum absolute atomic E-state index is 13.5. The summed E-state index contributed by atoms with van der Waals surface area (Å²) in [5.41, 5.74) is 1.88. The molecule has 0 N–H and O–H groups in total. The highest BCUT2D eigenvalue weighted by molar-refractivity contribution is 7.22. The number of halogens is 1. The Hall–Kier alpha value is -2.55. The number of carbonyl (C=O) groups is 1. The molecule has 9 heteroatoms. The fourth-order valence-electron chi connectivity index (χ4n) is 3.54. The van der Waals surface area contributed by atoms with Crippen molar-refractivity contribution >= 4 is 45.0 Å². The van der Waals surface area contributed by atoms with Gasteiger partial charge in [-0.15, -0.1) is 12.4 Å². The number of rotatable bonds is 7. The molecule has 172 valence electrons. The highest BCUT2D eigenvalue weighted by atomic mass is 35.5. The summed E-state index contributed by atoms with van der Waals surface area (Å²) in [5.74, 6) is 1.80. The lowest BCUT2D eigenvalue weighted by molar-refractivity contribution is -0.127. The number of carbonyl (C=O) groups excluding carboxylic acids is 1. The zero-order chi connectivity index (χ0) is 22.0. The number of hydrogen-bond donors (Lipinski definition) is 0. The summed E-state index contributed by atoms with van der Waals surface area (Å²) in [6.45, 7) is 3.62. The molecule has 1 aliphatic heterocycles. The molecular weight excluding hydrogens is 450 g/mol. The maximum Gasteiger partial charge on any atom is 0.273 e. The lowest BCUT2D eigenvalue weighted by Crippen LogP contribution is -2.47. The Morgan fingerprint density at radius 2 is 1.94 bits per heavy atom. The first-order valence-electron chi connectivity index (χ1n) is 10.3. The normalized spacial score (nSPS) is 14.8. The molecule has 1 amide bonds. The van der Waals surface area contributed by atoms with E-state index in [1.165, 1.54) is 11.3 Å². The monoisotopic (exact) mass is 477 g/mol. The third-order valence-electron chi connectivity index (χ3n) is 5.18. The molecule has 3 aromatic rings. The van der Waals surface area contributed by atoms with Crippen LogP contribution in [0.3, 0.4) is 0 Å². The fourth-order valence-corrected chi connectivity index (χ4v) is 4.62. The van der Waals surface area contributed by atoms with Gasteiger partial charge in [-0.3, -0.25) is 9.69 Å². The summed E-state index contributed by atoms with van der Waals surface area (Å²) >= 11 is 1.50. The Morgan fingerprint density at radius 3 is 2.66 bits per heavy atom. The molecular formula is C23H28ClN3O4S. The van der Waals surface area contributed by atoms with E-state index in [2.05, 4.69) is 4.90 Å². The minimum absolute atomic E-state index is 0. The molecule has 0 spiro atoms. The van der Waals surface area contributed by atoms with Gasteiger partial charge in [-0.05, 0) is 57.7 Å². The van der Waals surface area contributed by atoms with Gasteiger partial charge in [0.05, 0.1) is 11.8 Å². The van der Waals surface area contributed by atoms with Crippen LogP contribution in [0, 0.1) is 6.92 Å². The number of benzene rings is 2. The van der Waals surface area contributed by atoms with Crippen molar-refractivity contribution in [3.8, 4) is 17.2 Å². The Balaban J connectivity index is 0.00000289. The molecule has 32 heavy (non-hydrogen) atoms. The third kappa shape index (κ3) is 4.92. The van der Waals surface area contributed by atoms with Crippen LogP contribution in [0.15, 0.2) is 36.4 Å². The molecule has 7 nitrogen and oxygen atoms in total. The van der Waals surface area contributed by atoms with Crippen molar-refractivity contribution in [2.24, 2.45) is 0 Å². The molecule has 0 fully saturated rings. The summed E-state index contributed by atoms with van der Waals surface area (Å²) in [5, 5.41) is 0.647. The zero-order valence-corrected chi connectivity index (χ0v) is 20.3. The van der Waals surface area contributed by atoms with Gasteiger partial charge in [-0.25, -0.2) is 4.98 Å². The van der Waals surface area contributed by atoms with E-state index >= 15 is 0 Å². The minimum Gasteiger partial charge on any atom is -0.494 e. The molecule has 0 saturated heterocycles. The summed E-state index contributed by atoms with van der Waals surface area (Å²) in [6.07, 6.45) is 0.0962. The van der Waals surface area contributed by atoms with E-state index < -0.39 is 6.10 Å². The van der Waals surface area contributed by atoms with Crippen LogP contribution in [0.2, 0.25) is 0 Å². The van der Waals surface area contributed by atoms with Crippen molar-refractivity contribution in [1.82, 2.24) is 9.88 Å². The second-order valence-electron chi connectivity index (χ2n) is 7.77. The molecule has 1 aromatic heterocycles. The number of hydrogen-bond acceptors (Lipinski definition) is 7. The molecule has 0 radical (unpaired) electrons. The lowest BCUT2D eigenvalue weighted by atomic mass is 10.2. The predicted octanol–water partition coefficient (Wildman–Crippen LogP) is 4.16. The van der Waals surface area contributed by atoms with Crippen LogP contribution >= 0.6 is 23.7 Å². The van der Waals surface area contributed by atoms with E-state index in [0.29, 0.717) is 28.9 Å². The quantitative estimate of drug-likeness (QED) is 0.509. The largest absolute Gasteiger partial charge is 0.494 e. The second kappa shape index (κ2) is 10.4. The third-order valence-corrected chi connectivity index (χ3v) is 6.39. The predicted molar refractivity (Wildman–Crippen MR) is 130 cm³/mol. The molecule has 2 heterocycles. The molecule has 1 aliphatic rings. The van der Waals surface area contributed by atoms with Gasteiger partial charge >= 0.3 is 0 Å². The highest BCUT2D eigenvalue weighted by Crippen LogP contribution is 2.37. The number of fused-ring (bicyclic) bond motifs is 2. The van der Waals surface area contributed by atoms with Gasteiger partial charge in [0, 0.05) is 6.54 Å². The molecule has 1 unspecified atom stereocenters. The number of para-hydroxylation sites is 2. The number of ether oxygens (including phenoxy) is 3. The Bertz CT molecular complexity index is 1090. The number of aryl methyl sites for hydroxylation is 1. The first kappa shape index (κ1) is 24.1. The summed E-state index contributed by atoms with van der Waals surface area (Å²) < 4.78 is 18.3. The number of anilines is 1. The van der Waals surface area contributed by atoms with Crippen LogP contribution < -0.4 is 19.1 Å². The van der Waals surface area contributed by atoms with Gasteiger partial charge in [0.2, 0.25) is 6.10 Å².